The maximum Gasteiger partial charge on any atom is 0.212 e. The van der Waals surface area contributed by atoms with E-state index in [1.165, 1.54) is 13.2 Å². The normalized spacial score (nSPS) is 10.3. The van der Waals surface area contributed by atoms with Crippen molar-refractivity contribution in [3.05, 3.63) is 59.0 Å². The number of carbonyl (C=O) groups is 1. The zero-order chi connectivity index (χ0) is 13.8. The van der Waals surface area contributed by atoms with Crippen LogP contribution in [0.1, 0.15) is 21.5 Å². The average Bonchev–Trinajstić information content (AvgIpc) is 2.42. The molecule has 1 aromatic carbocycles. The highest BCUT2D eigenvalue weighted by Crippen LogP contribution is 2.13. The third-order valence-corrected chi connectivity index (χ3v) is 2.87. The number of rotatable bonds is 4. The van der Waals surface area contributed by atoms with Crippen molar-refractivity contribution < 1.29 is 13.9 Å². The highest BCUT2D eigenvalue weighted by atomic mass is 19.1. The molecule has 0 amide bonds. The SMILES string of the molecule is COc1ccc(CC(=O)c2ccc(C)c(F)c2)cn1. The highest BCUT2D eigenvalue weighted by molar-refractivity contribution is 5.97. The van der Waals surface area contributed by atoms with Gasteiger partial charge in [0.15, 0.2) is 5.78 Å². The van der Waals surface area contributed by atoms with Crippen LogP contribution >= 0.6 is 0 Å². The molecule has 19 heavy (non-hydrogen) atoms. The Hall–Kier alpha value is -2.23. The van der Waals surface area contributed by atoms with Crippen molar-refractivity contribution in [1.82, 2.24) is 4.98 Å². The largest absolute Gasteiger partial charge is 0.481 e. The van der Waals surface area contributed by atoms with Crippen LogP contribution in [0, 0.1) is 12.7 Å². The van der Waals surface area contributed by atoms with Crippen LogP contribution in [0.4, 0.5) is 4.39 Å². The number of halogens is 1. The molecule has 0 aliphatic rings. The van der Waals surface area contributed by atoms with Gasteiger partial charge in [-0.05, 0) is 24.1 Å². The Balaban J connectivity index is 2.13. The Kier molecular flexibility index (Phi) is 3.90. The van der Waals surface area contributed by atoms with Crippen LogP contribution in [-0.2, 0) is 6.42 Å². The number of aromatic nitrogens is 1. The van der Waals surface area contributed by atoms with Crippen molar-refractivity contribution in [3.8, 4) is 5.88 Å². The van der Waals surface area contributed by atoms with Gasteiger partial charge in [-0.15, -0.1) is 0 Å². The Morgan fingerprint density at radius 3 is 2.68 bits per heavy atom. The molecule has 0 atom stereocenters. The third-order valence-electron chi connectivity index (χ3n) is 2.87. The van der Waals surface area contributed by atoms with E-state index in [0.717, 1.165) is 5.56 Å². The quantitative estimate of drug-likeness (QED) is 0.792. The number of ketones is 1. The van der Waals surface area contributed by atoms with Gasteiger partial charge in [-0.1, -0.05) is 18.2 Å². The van der Waals surface area contributed by atoms with Crippen LogP contribution in [0.15, 0.2) is 36.5 Å². The summed E-state index contributed by atoms with van der Waals surface area (Å²) in [5.41, 5.74) is 1.67. The van der Waals surface area contributed by atoms with E-state index in [9.17, 15) is 9.18 Å². The van der Waals surface area contributed by atoms with Gasteiger partial charge < -0.3 is 4.74 Å². The molecule has 2 rings (SSSR count). The van der Waals surface area contributed by atoms with Crippen LogP contribution < -0.4 is 4.74 Å². The van der Waals surface area contributed by atoms with Crippen LogP contribution in [0.5, 0.6) is 5.88 Å². The molecule has 0 unspecified atom stereocenters. The second-order valence-corrected chi connectivity index (χ2v) is 4.27. The Morgan fingerprint density at radius 1 is 1.32 bits per heavy atom. The minimum atomic E-state index is -0.362. The van der Waals surface area contributed by atoms with Gasteiger partial charge in [-0.25, -0.2) is 9.37 Å². The predicted molar refractivity (Wildman–Crippen MR) is 70.0 cm³/mol. The van der Waals surface area contributed by atoms with E-state index >= 15 is 0 Å². The van der Waals surface area contributed by atoms with Crippen LogP contribution in [0.2, 0.25) is 0 Å². The van der Waals surface area contributed by atoms with Gasteiger partial charge in [0, 0.05) is 24.2 Å². The first-order valence-electron chi connectivity index (χ1n) is 5.88. The summed E-state index contributed by atoms with van der Waals surface area (Å²) in [4.78, 5) is 16.0. The second kappa shape index (κ2) is 5.61. The summed E-state index contributed by atoms with van der Waals surface area (Å²) in [5.74, 6) is 0.00199. The molecular formula is C15H14FNO2. The molecule has 0 fully saturated rings. The monoisotopic (exact) mass is 259 g/mol. The van der Waals surface area contributed by atoms with Gasteiger partial charge in [0.1, 0.15) is 5.82 Å². The fourth-order valence-corrected chi connectivity index (χ4v) is 1.69. The predicted octanol–water partition coefficient (Wildman–Crippen LogP) is 2.96. The van der Waals surface area contributed by atoms with E-state index in [0.29, 0.717) is 17.0 Å². The molecule has 3 nitrogen and oxygen atoms in total. The maximum absolute atomic E-state index is 13.4. The van der Waals surface area contributed by atoms with Gasteiger partial charge in [0.25, 0.3) is 0 Å². The zero-order valence-corrected chi connectivity index (χ0v) is 10.8. The van der Waals surface area contributed by atoms with Crippen molar-refractivity contribution in [2.45, 2.75) is 13.3 Å². The van der Waals surface area contributed by atoms with E-state index in [1.54, 1.807) is 37.4 Å². The van der Waals surface area contributed by atoms with Crippen molar-refractivity contribution in [2.75, 3.05) is 7.11 Å². The Labute approximate surface area is 111 Å². The minimum absolute atomic E-state index is 0.133. The fraction of sp³-hybridized carbons (Fsp3) is 0.200. The van der Waals surface area contributed by atoms with Crippen molar-refractivity contribution >= 4 is 5.78 Å². The van der Waals surface area contributed by atoms with Crippen molar-refractivity contribution in [1.29, 1.82) is 0 Å². The van der Waals surface area contributed by atoms with Gasteiger partial charge in [-0.2, -0.15) is 0 Å². The summed E-state index contributed by atoms with van der Waals surface area (Å²) in [7, 11) is 1.53. The summed E-state index contributed by atoms with van der Waals surface area (Å²) < 4.78 is 18.3. The molecule has 0 bridgehead atoms. The van der Waals surface area contributed by atoms with E-state index < -0.39 is 0 Å². The Bertz CT molecular complexity index is 594. The van der Waals surface area contributed by atoms with E-state index in [-0.39, 0.29) is 18.0 Å². The molecule has 0 aliphatic heterocycles. The zero-order valence-electron chi connectivity index (χ0n) is 10.8. The number of benzene rings is 1. The molecule has 98 valence electrons. The fourth-order valence-electron chi connectivity index (χ4n) is 1.69. The molecule has 2 aromatic rings. The molecule has 0 radical (unpaired) electrons. The number of pyridine rings is 1. The smallest absolute Gasteiger partial charge is 0.212 e. The number of methoxy groups -OCH3 is 1. The second-order valence-electron chi connectivity index (χ2n) is 4.27. The summed E-state index contributed by atoms with van der Waals surface area (Å²) in [5, 5.41) is 0. The number of ether oxygens (including phenoxy) is 1. The van der Waals surface area contributed by atoms with E-state index in [1.807, 2.05) is 0 Å². The first-order valence-corrected chi connectivity index (χ1v) is 5.88. The van der Waals surface area contributed by atoms with Gasteiger partial charge >= 0.3 is 0 Å². The van der Waals surface area contributed by atoms with Gasteiger partial charge in [-0.3, -0.25) is 4.79 Å². The number of nitrogens with zero attached hydrogens (tertiary/aromatic N) is 1. The summed E-state index contributed by atoms with van der Waals surface area (Å²) in [6.07, 6.45) is 1.78. The molecule has 0 N–H and O–H groups in total. The number of Topliss-reactive ketones (excluding diaryl/α,β-unsaturated/α-hetero) is 1. The summed E-state index contributed by atoms with van der Waals surface area (Å²) in [6.45, 7) is 1.66. The van der Waals surface area contributed by atoms with Crippen molar-refractivity contribution in [2.24, 2.45) is 0 Å². The molecule has 4 heteroatoms. The lowest BCUT2D eigenvalue weighted by atomic mass is 10.0. The highest BCUT2D eigenvalue weighted by Gasteiger charge is 2.09. The number of hydrogen-bond donors (Lipinski definition) is 0. The molecular weight excluding hydrogens is 245 g/mol. The van der Waals surface area contributed by atoms with Gasteiger partial charge in [0.05, 0.1) is 7.11 Å². The lowest BCUT2D eigenvalue weighted by Crippen LogP contribution is -2.05. The first-order chi connectivity index (χ1) is 9.10. The summed E-state index contributed by atoms with van der Waals surface area (Å²) >= 11 is 0. The minimum Gasteiger partial charge on any atom is -0.481 e. The molecule has 1 aromatic heterocycles. The Morgan fingerprint density at radius 2 is 2.11 bits per heavy atom. The maximum atomic E-state index is 13.4. The van der Waals surface area contributed by atoms with Crippen molar-refractivity contribution in [3.63, 3.8) is 0 Å². The van der Waals surface area contributed by atoms with Crippen LogP contribution in [0.25, 0.3) is 0 Å². The third kappa shape index (κ3) is 3.16. The average molecular weight is 259 g/mol. The number of aryl methyl sites for hydroxylation is 1. The molecule has 0 saturated carbocycles. The van der Waals surface area contributed by atoms with Gasteiger partial charge in [0.2, 0.25) is 5.88 Å². The molecule has 0 saturated heterocycles. The topological polar surface area (TPSA) is 39.2 Å². The molecule has 0 spiro atoms. The standard InChI is InChI=1S/C15H14FNO2/c1-10-3-5-12(8-13(10)16)14(18)7-11-4-6-15(19-2)17-9-11/h3-6,8-9H,7H2,1-2H3. The number of carbonyl (C=O) groups excluding carboxylic acids is 1. The lowest BCUT2D eigenvalue weighted by molar-refractivity contribution is 0.0992. The molecule has 0 aliphatic carbocycles. The van der Waals surface area contributed by atoms with E-state index in [2.05, 4.69) is 4.98 Å². The molecule has 1 heterocycles. The lowest BCUT2D eigenvalue weighted by Gasteiger charge is -2.04. The summed E-state index contributed by atoms with van der Waals surface area (Å²) in [6, 6.07) is 7.98. The van der Waals surface area contributed by atoms with Crippen LogP contribution in [0.3, 0.4) is 0 Å². The van der Waals surface area contributed by atoms with Crippen LogP contribution in [-0.4, -0.2) is 17.9 Å². The number of hydrogen-bond acceptors (Lipinski definition) is 3. The van der Waals surface area contributed by atoms with E-state index in [4.69, 9.17) is 4.74 Å². The first kappa shape index (κ1) is 13.2.